The number of oxime groups is 1. The fraction of sp³-hybridized carbons (Fsp3) is 0.333. The number of nitriles is 1. The molecule has 0 radical (unpaired) electrons. The minimum absolute atomic E-state index is 0.187. The highest BCUT2D eigenvalue weighted by atomic mass is 19.4. The Bertz CT molecular complexity index is 622. The van der Waals surface area contributed by atoms with Crippen molar-refractivity contribution in [3.63, 3.8) is 0 Å². The number of likely N-dealkylation sites (tertiary alicyclic amines) is 1. The summed E-state index contributed by atoms with van der Waals surface area (Å²) in [6, 6.07) is 2.43. The van der Waals surface area contributed by atoms with Gasteiger partial charge >= 0.3 is 6.18 Å². The van der Waals surface area contributed by atoms with Crippen molar-refractivity contribution in [2.45, 2.75) is 12.6 Å². The van der Waals surface area contributed by atoms with Crippen LogP contribution in [0.5, 0.6) is 0 Å². The molecule has 2 rings (SSSR count). The number of halogens is 3. The van der Waals surface area contributed by atoms with E-state index >= 15 is 0 Å². The second kappa shape index (κ2) is 5.78. The first-order valence-electron chi connectivity index (χ1n) is 5.84. The summed E-state index contributed by atoms with van der Waals surface area (Å²) in [5, 5.41) is 11.8. The molecule has 1 aromatic rings. The minimum Gasteiger partial charge on any atom is -0.379 e. The highest BCUT2D eigenvalue weighted by Crippen LogP contribution is 2.32. The Kier molecular flexibility index (Phi) is 4.07. The van der Waals surface area contributed by atoms with Crippen molar-refractivity contribution in [3.05, 3.63) is 29.6 Å². The lowest BCUT2D eigenvalue weighted by Gasteiger charge is -2.32. The summed E-state index contributed by atoms with van der Waals surface area (Å²) in [6.45, 7) is -0.0635. The van der Waals surface area contributed by atoms with Crippen LogP contribution in [0.2, 0.25) is 0 Å². The van der Waals surface area contributed by atoms with Crippen molar-refractivity contribution in [1.82, 2.24) is 9.88 Å². The number of amides is 1. The standard InChI is InChI=1S/C12H9F3N4O2/c13-12(14,15)9-1-4-17-7-8(9)11(20)19-5-2-10(19)18-21-6-3-16/h1,4,7H,2,5-6H2. The molecule has 9 heteroatoms. The molecule has 1 aliphatic rings. The Hall–Kier alpha value is -2.63. The Morgan fingerprint density at radius 3 is 2.90 bits per heavy atom. The number of rotatable bonds is 3. The highest BCUT2D eigenvalue weighted by Gasteiger charge is 2.38. The molecule has 1 fully saturated rings. The van der Waals surface area contributed by atoms with Gasteiger partial charge in [-0.15, -0.1) is 0 Å². The molecule has 1 amide bonds. The molecule has 0 atom stereocenters. The number of amidine groups is 1. The van der Waals surface area contributed by atoms with Crippen LogP contribution in [0.3, 0.4) is 0 Å². The van der Waals surface area contributed by atoms with Gasteiger partial charge in [-0.05, 0) is 6.07 Å². The lowest BCUT2D eigenvalue weighted by molar-refractivity contribution is -0.138. The molecular weight excluding hydrogens is 289 g/mol. The summed E-state index contributed by atoms with van der Waals surface area (Å²) in [4.78, 5) is 21.3. The Labute approximate surface area is 117 Å². The maximum absolute atomic E-state index is 12.9. The van der Waals surface area contributed by atoms with Crippen molar-refractivity contribution in [2.24, 2.45) is 5.16 Å². The van der Waals surface area contributed by atoms with E-state index in [0.29, 0.717) is 6.42 Å². The van der Waals surface area contributed by atoms with E-state index in [1.807, 2.05) is 0 Å². The van der Waals surface area contributed by atoms with Crippen molar-refractivity contribution >= 4 is 11.7 Å². The second-order valence-corrected chi connectivity index (χ2v) is 4.06. The van der Waals surface area contributed by atoms with Gasteiger partial charge in [-0.1, -0.05) is 5.16 Å². The number of hydrogen-bond donors (Lipinski definition) is 0. The fourth-order valence-corrected chi connectivity index (χ4v) is 1.73. The molecule has 1 aliphatic heterocycles. The van der Waals surface area contributed by atoms with Crippen molar-refractivity contribution in [1.29, 1.82) is 5.26 Å². The summed E-state index contributed by atoms with van der Waals surface area (Å²) >= 11 is 0. The van der Waals surface area contributed by atoms with Gasteiger partial charge in [0.1, 0.15) is 6.07 Å². The predicted octanol–water partition coefficient (Wildman–Crippen LogP) is 1.80. The first-order chi connectivity index (χ1) is 9.95. The topological polar surface area (TPSA) is 78.6 Å². The lowest BCUT2D eigenvalue weighted by atomic mass is 10.1. The minimum atomic E-state index is -4.65. The monoisotopic (exact) mass is 298 g/mol. The van der Waals surface area contributed by atoms with Crippen LogP contribution < -0.4 is 0 Å². The third kappa shape index (κ3) is 3.10. The SMILES string of the molecule is N#CCON=C1CCN1C(=O)c1cnccc1C(F)(F)F. The smallest absolute Gasteiger partial charge is 0.379 e. The van der Waals surface area contributed by atoms with Gasteiger partial charge in [-0.3, -0.25) is 14.7 Å². The van der Waals surface area contributed by atoms with Crippen LogP contribution in [0.4, 0.5) is 13.2 Å². The summed E-state index contributed by atoms with van der Waals surface area (Å²) in [7, 11) is 0. The quantitative estimate of drug-likeness (QED) is 0.629. The van der Waals surface area contributed by atoms with Gasteiger partial charge in [0.25, 0.3) is 5.91 Å². The summed E-state index contributed by atoms with van der Waals surface area (Å²) in [6.07, 6.45) is -2.41. The molecule has 0 N–H and O–H groups in total. The maximum atomic E-state index is 12.9. The summed E-state index contributed by atoms with van der Waals surface area (Å²) in [5.74, 6) is -0.659. The molecule has 1 aromatic heterocycles. The molecule has 0 bridgehead atoms. The summed E-state index contributed by atoms with van der Waals surface area (Å²) in [5.41, 5.74) is -1.59. The van der Waals surface area contributed by atoms with Gasteiger partial charge in [0, 0.05) is 25.4 Å². The van der Waals surface area contributed by atoms with E-state index in [-0.39, 0.29) is 19.0 Å². The van der Waals surface area contributed by atoms with Crippen LogP contribution >= 0.6 is 0 Å². The van der Waals surface area contributed by atoms with Gasteiger partial charge < -0.3 is 4.84 Å². The fourth-order valence-electron chi connectivity index (χ4n) is 1.73. The Morgan fingerprint density at radius 1 is 1.57 bits per heavy atom. The molecule has 0 aromatic carbocycles. The van der Waals surface area contributed by atoms with E-state index in [1.165, 1.54) is 0 Å². The van der Waals surface area contributed by atoms with E-state index in [0.717, 1.165) is 23.4 Å². The Balaban J connectivity index is 2.22. The lowest BCUT2D eigenvalue weighted by Crippen LogP contribution is -2.48. The van der Waals surface area contributed by atoms with E-state index < -0.39 is 23.2 Å². The van der Waals surface area contributed by atoms with E-state index in [2.05, 4.69) is 15.0 Å². The number of pyridine rings is 1. The van der Waals surface area contributed by atoms with Gasteiger partial charge in [-0.25, -0.2) is 0 Å². The number of hydrogen-bond acceptors (Lipinski definition) is 5. The van der Waals surface area contributed by atoms with Gasteiger partial charge in [0.15, 0.2) is 5.84 Å². The van der Waals surface area contributed by atoms with E-state index in [9.17, 15) is 18.0 Å². The second-order valence-electron chi connectivity index (χ2n) is 4.06. The largest absolute Gasteiger partial charge is 0.417 e. The first-order valence-corrected chi connectivity index (χ1v) is 5.84. The van der Waals surface area contributed by atoms with Crippen LogP contribution in [0, 0.1) is 11.3 Å². The van der Waals surface area contributed by atoms with E-state index in [4.69, 9.17) is 5.26 Å². The average Bonchev–Trinajstić information content (AvgIpc) is 2.41. The molecule has 21 heavy (non-hydrogen) atoms. The number of nitrogens with zero attached hydrogens (tertiary/aromatic N) is 4. The molecule has 0 saturated carbocycles. The molecule has 6 nitrogen and oxygen atoms in total. The molecule has 0 aliphatic carbocycles. The van der Waals surface area contributed by atoms with Gasteiger partial charge in [0.05, 0.1) is 11.1 Å². The number of aromatic nitrogens is 1. The van der Waals surface area contributed by atoms with Crippen molar-refractivity contribution in [3.8, 4) is 6.07 Å². The molecule has 0 spiro atoms. The normalized spacial score (nSPS) is 16.3. The average molecular weight is 298 g/mol. The third-order valence-electron chi connectivity index (χ3n) is 2.77. The van der Waals surface area contributed by atoms with Crippen molar-refractivity contribution in [2.75, 3.05) is 13.2 Å². The molecular formula is C12H9F3N4O2. The zero-order chi connectivity index (χ0) is 15.5. The summed E-state index contributed by atoms with van der Waals surface area (Å²) < 4.78 is 38.6. The molecule has 1 saturated heterocycles. The van der Waals surface area contributed by atoms with Gasteiger partial charge in [0.2, 0.25) is 6.61 Å². The number of carbonyl (C=O) groups excluding carboxylic acids is 1. The maximum Gasteiger partial charge on any atom is 0.417 e. The number of alkyl halides is 3. The van der Waals surface area contributed by atoms with Crippen molar-refractivity contribution < 1.29 is 22.8 Å². The van der Waals surface area contributed by atoms with Crippen LogP contribution in [-0.4, -0.2) is 34.8 Å². The van der Waals surface area contributed by atoms with Crippen LogP contribution in [-0.2, 0) is 11.0 Å². The molecule has 110 valence electrons. The molecule has 0 unspecified atom stereocenters. The van der Waals surface area contributed by atoms with Crippen LogP contribution in [0.1, 0.15) is 22.3 Å². The Morgan fingerprint density at radius 2 is 2.33 bits per heavy atom. The number of carbonyl (C=O) groups is 1. The van der Waals surface area contributed by atoms with Gasteiger partial charge in [-0.2, -0.15) is 18.4 Å². The zero-order valence-corrected chi connectivity index (χ0v) is 10.6. The zero-order valence-electron chi connectivity index (χ0n) is 10.6. The highest BCUT2D eigenvalue weighted by molar-refractivity contribution is 6.09. The predicted molar refractivity (Wildman–Crippen MR) is 63.9 cm³/mol. The van der Waals surface area contributed by atoms with Crippen LogP contribution in [0.25, 0.3) is 0 Å². The van der Waals surface area contributed by atoms with E-state index in [1.54, 1.807) is 6.07 Å². The van der Waals surface area contributed by atoms with Crippen LogP contribution in [0.15, 0.2) is 23.6 Å². The third-order valence-corrected chi connectivity index (χ3v) is 2.77. The molecule has 2 heterocycles. The first kappa shape index (κ1) is 14.8.